The number of thiocarbonyl (C=S) groups is 1. The topological polar surface area (TPSA) is 84.7 Å². The molecule has 0 radical (unpaired) electrons. The predicted octanol–water partition coefficient (Wildman–Crippen LogP) is 2.50. The van der Waals surface area contributed by atoms with Crippen molar-refractivity contribution in [2.75, 3.05) is 19.7 Å². The van der Waals surface area contributed by atoms with Gasteiger partial charge < -0.3 is 9.64 Å². The van der Waals surface area contributed by atoms with Crippen molar-refractivity contribution in [3.05, 3.63) is 39.9 Å². The first-order chi connectivity index (χ1) is 12.0. The Morgan fingerprint density at radius 2 is 2.16 bits per heavy atom. The Morgan fingerprint density at radius 3 is 2.80 bits per heavy atom. The smallest absolute Gasteiger partial charge is 0.270 e. The van der Waals surface area contributed by atoms with Gasteiger partial charge in [-0.3, -0.25) is 20.2 Å². The third-order valence-corrected chi connectivity index (χ3v) is 4.81. The number of nitro benzene ring substituents is 1. The Balaban J connectivity index is 1.63. The molecule has 1 amide bonds. The number of non-ortho nitro benzene ring substituents is 1. The Kier molecular flexibility index (Phi) is 5.60. The highest BCUT2D eigenvalue weighted by Gasteiger charge is 2.29. The van der Waals surface area contributed by atoms with Gasteiger partial charge in [-0.2, -0.15) is 0 Å². The molecular formula is C17H21N3O4S. The molecule has 1 atom stereocenters. The van der Waals surface area contributed by atoms with Crippen molar-refractivity contribution in [2.45, 2.75) is 31.8 Å². The summed E-state index contributed by atoms with van der Waals surface area (Å²) in [6, 6.07) is 5.63. The highest BCUT2D eigenvalue weighted by atomic mass is 32.1. The van der Waals surface area contributed by atoms with Crippen molar-refractivity contribution >= 4 is 28.9 Å². The molecule has 1 saturated carbocycles. The number of carbonyl (C=O) groups excluding carboxylic acids is 1. The van der Waals surface area contributed by atoms with Gasteiger partial charge in [-0.05, 0) is 49.9 Å². The minimum Gasteiger partial charge on any atom is -0.376 e. The molecule has 1 aromatic carbocycles. The number of carbonyl (C=O) groups is 1. The first-order valence-electron chi connectivity index (χ1n) is 8.49. The van der Waals surface area contributed by atoms with Crippen molar-refractivity contribution in [2.24, 2.45) is 5.92 Å². The van der Waals surface area contributed by atoms with Crippen LogP contribution in [0.25, 0.3) is 0 Å². The summed E-state index contributed by atoms with van der Waals surface area (Å²) in [5.74, 6) is 0.191. The molecule has 1 aliphatic heterocycles. The van der Waals surface area contributed by atoms with Crippen molar-refractivity contribution in [3.63, 3.8) is 0 Å². The van der Waals surface area contributed by atoms with Gasteiger partial charge in [-0.15, -0.1) is 0 Å². The van der Waals surface area contributed by atoms with E-state index in [1.54, 1.807) is 0 Å². The lowest BCUT2D eigenvalue weighted by Gasteiger charge is -2.27. The number of hydrogen-bond acceptors (Lipinski definition) is 5. The normalized spacial score (nSPS) is 19.4. The Bertz CT molecular complexity index is 672. The standard InChI is InChI=1S/C17H21N3O4S/c21-16(13-3-1-4-14(9-13)20(22)23)18-17(25)19(10-12-6-7-12)11-15-5-2-8-24-15/h1,3-4,9,12,15H,2,5-8,10-11H2,(H,18,21,25). The summed E-state index contributed by atoms with van der Waals surface area (Å²) in [5.41, 5.74) is 0.104. The molecule has 1 unspecified atom stereocenters. The summed E-state index contributed by atoms with van der Waals surface area (Å²) in [7, 11) is 0. The molecule has 2 aliphatic rings. The van der Waals surface area contributed by atoms with Crippen LogP contribution in [0.15, 0.2) is 24.3 Å². The van der Waals surface area contributed by atoms with Gasteiger partial charge >= 0.3 is 0 Å². The van der Waals surface area contributed by atoms with Crippen LogP contribution in [0.2, 0.25) is 0 Å². The number of benzene rings is 1. The largest absolute Gasteiger partial charge is 0.376 e. The zero-order valence-corrected chi connectivity index (χ0v) is 14.7. The molecule has 1 heterocycles. The number of nitrogens with one attached hydrogen (secondary N) is 1. The van der Waals surface area contributed by atoms with Gasteiger partial charge in [0, 0.05) is 37.4 Å². The van der Waals surface area contributed by atoms with E-state index in [0.29, 0.717) is 17.6 Å². The molecule has 1 aromatic rings. The van der Waals surface area contributed by atoms with E-state index in [0.717, 1.165) is 26.0 Å². The first kappa shape index (κ1) is 17.8. The van der Waals surface area contributed by atoms with Crippen LogP contribution in [0.5, 0.6) is 0 Å². The number of rotatable bonds is 6. The minimum absolute atomic E-state index is 0.118. The fourth-order valence-corrected chi connectivity index (χ4v) is 3.14. The third-order valence-electron chi connectivity index (χ3n) is 4.45. The van der Waals surface area contributed by atoms with Crippen LogP contribution >= 0.6 is 12.2 Å². The zero-order chi connectivity index (χ0) is 17.8. The van der Waals surface area contributed by atoms with E-state index in [9.17, 15) is 14.9 Å². The summed E-state index contributed by atoms with van der Waals surface area (Å²) in [5, 5.41) is 13.9. The van der Waals surface area contributed by atoms with E-state index >= 15 is 0 Å². The average molecular weight is 363 g/mol. The molecule has 0 spiro atoms. The monoisotopic (exact) mass is 363 g/mol. The molecular weight excluding hydrogens is 342 g/mol. The molecule has 134 valence electrons. The summed E-state index contributed by atoms with van der Waals surface area (Å²) < 4.78 is 5.68. The van der Waals surface area contributed by atoms with Crippen molar-refractivity contribution in [3.8, 4) is 0 Å². The van der Waals surface area contributed by atoms with Gasteiger partial charge in [0.2, 0.25) is 0 Å². The summed E-state index contributed by atoms with van der Waals surface area (Å²) in [6.07, 6.45) is 4.57. The molecule has 7 nitrogen and oxygen atoms in total. The highest BCUT2D eigenvalue weighted by Crippen LogP contribution is 2.30. The second kappa shape index (κ2) is 7.88. The third kappa shape index (κ3) is 4.96. The van der Waals surface area contributed by atoms with Crippen LogP contribution in [0.3, 0.4) is 0 Å². The van der Waals surface area contributed by atoms with Crippen molar-refractivity contribution in [1.82, 2.24) is 10.2 Å². The van der Waals surface area contributed by atoms with Crippen molar-refractivity contribution in [1.29, 1.82) is 0 Å². The van der Waals surface area contributed by atoms with Crippen LogP contribution in [0.1, 0.15) is 36.0 Å². The molecule has 2 fully saturated rings. The average Bonchev–Trinajstić information content (AvgIpc) is 3.27. The van der Waals surface area contributed by atoms with E-state index in [2.05, 4.69) is 5.32 Å². The predicted molar refractivity (Wildman–Crippen MR) is 96.4 cm³/mol. The van der Waals surface area contributed by atoms with Gasteiger partial charge in [0.25, 0.3) is 11.6 Å². The van der Waals surface area contributed by atoms with E-state index in [-0.39, 0.29) is 17.4 Å². The first-order valence-corrected chi connectivity index (χ1v) is 8.90. The lowest BCUT2D eigenvalue weighted by atomic mass is 10.2. The van der Waals surface area contributed by atoms with E-state index < -0.39 is 10.8 Å². The molecule has 8 heteroatoms. The van der Waals surface area contributed by atoms with Crippen molar-refractivity contribution < 1.29 is 14.5 Å². The van der Waals surface area contributed by atoms with E-state index in [1.165, 1.54) is 37.1 Å². The maximum absolute atomic E-state index is 12.4. The van der Waals surface area contributed by atoms with Crippen LogP contribution in [0.4, 0.5) is 5.69 Å². The van der Waals surface area contributed by atoms with Gasteiger partial charge in [0.15, 0.2) is 5.11 Å². The number of nitro groups is 1. The Hall–Kier alpha value is -2.06. The van der Waals surface area contributed by atoms with Crippen LogP contribution in [0, 0.1) is 16.0 Å². The summed E-state index contributed by atoms with van der Waals surface area (Å²) in [6.45, 7) is 2.26. The second-order valence-electron chi connectivity index (χ2n) is 6.55. The lowest BCUT2D eigenvalue weighted by Crippen LogP contribution is -2.46. The number of hydrogen-bond donors (Lipinski definition) is 1. The fraction of sp³-hybridized carbons (Fsp3) is 0.529. The minimum atomic E-state index is -0.522. The van der Waals surface area contributed by atoms with Crippen LogP contribution in [-0.4, -0.2) is 46.6 Å². The van der Waals surface area contributed by atoms with Gasteiger partial charge in [0.1, 0.15) is 0 Å². The second-order valence-corrected chi connectivity index (χ2v) is 6.94. The van der Waals surface area contributed by atoms with Crippen LogP contribution in [-0.2, 0) is 4.74 Å². The zero-order valence-electron chi connectivity index (χ0n) is 13.8. The number of ether oxygens (including phenoxy) is 1. The van der Waals surface area contributed by atoms with E-state index in [1.807, 2.05) is 4.90 Å². The quantitative estimate of drug-likeness (QED) is 0.475. The Labute approximate surface area is 151 Å². The van der Waals surface area contributed by atoms with E-state index in [4.69, 9.17) is 17.0 Å². The number of amides is 1. The fourth-order valence-electron chi connectivity index (χ4n) is 2.90. The SMILES string of the molecule is O=C(NC(=S)N(CC1CC1)CC1CCCO1)c1cccc([N+](=O)[O-])c1. The maximum atomic E-state index is 12.4. The van der Waals surface area contributed by atoms with Gasteiger partial charge in [0.05, 0.1) is 11.0 Å². The number of nitrogens with zero attached hydrogens (tertiary/aromatic N) is 2. The lowest BCUT2D eigenvalue weighted by molar-refractivity contribution is -0.384. The highest BCUT2D eigenvalue weighted by molar-refractivity contribution is 7.80. The molecule has 3 rings (SSSR count). The summed E-state index contributed by atoms with van der Waals surface area (Å²) in [4.78, 5) is 24.7. The maximum Gasteiger partial charge on any atom is 0.270 e. The molecule has 1 saturated heterocycles. The molecule has 0 bridgehead atoms. The van der Waals surface area contributed by atoms with Crippen LogP contribution < -0.4 is 5.32 Å². The molecule has 0 aromatic heterocycles. The summed E-state index contributed by atoms with van der Waals surface area (Å²) >= 11 is 5.42. The molecule has 25 heavy (non-hydrogen) atoms. The molecule has 1 N–H and O–H groups in total. The Morgan fingerprint density at radius 1 is 1.36 bits per heavy atom. The van der Waals surface area contributed by atoms with Gasteiger partial charge in [-0.1, -0.05) is 6.07 Å². The van der Waals surface area contributed by atoms with Gasteiger partial charge in [-0.25, -0.2) is 0 Å². The molecule has 1 aliphatic carbocycles.